The van der Waals surface area contributed by atoms with Gasteiger partial charge in [-0.2, -0.15) is 0 Å². The summed E-state index contributed by atoms with van der Waals surface area (Å²) in [5, 5.41) is 9.38. The molecule has 0 spiro atoms. The van der Waals surface area contributed by atoms with E-state index in [1.54, 1.807) is 6.20 Å². The van der Waals surface area contributed by atoms with Crippen LogP contribution in [-0.4, -0.2) is 20.2 Å². The number of nitrogens with zero attached hydrogens (tertiary/aromatic N) is 4. The number of rotatable bonds is 6. The van der Waals surface area contributed by atoms with E-state index in [1.165, 1.54) is 5.56 Å². The summed E-state index contributed by atoms with van der Waals surface area (Å²) < 4.78 is 5.77. The Morgan fingerprint density at radius 3 is 2.62 bits per heavy atom. The standard InChI is InChI=1S/C21H20N4O/c1-15-8-10-17(11-9-15)21-25-24-19(26-21)7-3-2-6-18-13-12-16-5-4-14-22-20(16)23-18/h4-5,8-14H,2-3,6-7H2,1H3. The maximum absolute atomic E-state index is 5.77. The summed E-state index contributed by atoms with van der Waals surface area (Å²) in [6.45, 7) is 2.06. The molecule has 0 saturated heterocycles. The maximum atomic E-state index is 5.77. The first-order valence-corrected chi connectivity index (χ1v) is 8.88. The molecule has 0 unspecified atom stereocenters. The summed E-state index contributed by atoms with van der Waals surface area (Å²) in [6, 6.07) is 16.2. The van der Waals surface area contributed by atoms with E-state index < -0.39 is 0 Å². The van der Waals surface area contributed by atoms with Crippen molar-refractivity contribution in [2.24, 2.45) is 0 Å². The lowest BCUT2D eigenvalue weighted by molar-refractivity contribution is 0.493. The average molecular weight is 344 g/mol. The number of fused-ring (bicyclic) bond motifs is 1. The van der Waals surface area contributed by atoms with Crippen LogP contribution in [0.4, 0.5) is 0 Å². The predicted molar refractivity (Wildman–Crippen MR) is 101 cm³/mol. The summed E-state index contributed by atoms with van der Waals surface area (Å²) in [5.41, 5.74) is 4.06. The Hall–Kier alpha value is -3.08. The molecule has 130 valence electrons. The normalized spacial score (nSPS) is 11.1. The second kappa shape index (κ2) is 7.44. The molecular formula is C21H20N4O. The Balaban J connectivity index is 1.31. The lowest BCUT2D eigenvalue weighted by Crippen LogP contribution is -1.94. The van der Waals surface area contributed by atoms with Gasteiger partial charge in [0.05, 0.1) is 0 Å². The largest absolute Gasteiger partial charge is 0.421 e. The molecule has 0 radical (unpaired) electrons. The molecule has 0 N–H and O–H groups in total. The van der Waals surface area contributed by atoms with Crippen molar-refractivity contribution < 1.29 is 4.42 Å². The van der Waals surface area contributed by atoms with E-state index in [1.807, 2.05) is 36.4 Å². The van der Waals surface area contributed by atoms with Crippen LogP contribution >= 0.6 is 0 Å². The summed E-state index contributed by atoms with van der Waals surface area (Å²) in [4.78, 5) is 8.92. The molecule has 0 bridgehead atoms. The Kier molecular flexibility index (Phi) is 4.69. The number of pyridine rings is 2. The highest BCUT2D eigenvalue weighted by Gasteiger charge is 2.08. The zero-order valence-electron chi connectivity index (χ0n) is 14.7. The molecular weight excluding hydrogens is 324 g/mol. The zero-order chi connectivity index (χ0) is 17.8. The smallest absolute Gasteiger partial charge is 0.247 e. The second-order valence-electron chi connectivity index (χ2n) is 6.43. The Morgan fingerprint density at radius 2 is 1.73 bits per heavy atom. The van der Waals surface area contributed by atoms with E-state index in [9.17, 15) is 0 Å². The van der Waals surface area contributed by atoms with Crippen LogP contribution in [0.3, 0.4) is 0 Å². The van der Waals surface area contributed by atoms with Crippen LogP contribution in [0.25, 0.3) is 22.5 Å². The van der Waals surface area contributed by atoms with Crippen LogP contribution in [0.5, 0.6) is 0 Å². The molecule has 5 heteroatoms. The van der Waals surface area contributed by atoms with Crippen molar-refractivity contribution >= 4 is 11.0 Å². The molecule has 4 rings (SSSR count). The van der Waals surface area contributed by atoms with E-state index in [0.29, 0.717) is 11.8 Å². The van der Waals surface area contributed by atoms with Crippen LogP contribution in [0.15, 0.2) is 59.1 Å². The molecule has 4 aromatic rings. The number of hydrogen-bond donors (Lipinski definition) is 0. The van der Waals surface area contributed by atoms with E-state index in [0.717, 1.165) is 48.0 Å². The van der Waals surface area contributed by atoms with Gasteiger partial charge in [-0.3, -0.25) is 0 Å². The number of unbranched alkanes of at least 4 members (excludes halogenated alkanes) is 1. The Bertz CT molecular complexity index is 1010. The van der Waals surface area contributed by atoms with E-state index in [2.05, 4.69) is 39.2 Å². The average Bonchev–Trinajstić information content (AvgIpc) is 3.15. The summed E-state index contributed by atoms with van der Waals surface area (Å²) in [6.07, 6.45) is 5.49. The SMILES string of the molecule is Cc1ccc(-c2nnc(CCCCc3ccc4cccnc4n3)o2)cc1. The van der Waals surface area contributed by atoms with Crippen molar-refractivity contribution in [3.8, 4) is 11.5 Å². The van der Waals surface area contributed by atoms with E-state index in [-0.39, 0.29) is 0 Å². The number of benzene rings is 1. The second-order valence-corrected chi connectivity index (χ2v) is 6.43. The van der Waals surface area contributed by atoms with Gasteiger partial charge < -0.3 is 4.42 Å². The van der Waals surface area contributed by atoms with Crippen LogP contribution < -0.4 is 0 Å². The number of hydrogen-bond acceptors (Lipinski definition) is 5. The first-order chi connectivity index (χ1) is 12.8. The topological polar surface area (TPSA) is 64.7 Å². The molecule has 0 aliphatic rings. The summed E-state index contributed by atoms with van der Waals surface area (Å²) in [5.74, 6) is 1.27. The first-order valence-electron chi connectivity index (χ1n) is 8.88. The van der Waals surface area contributed by atoms with Gasteiger partial charge in [0.25, 0.3) is 0 Å². The van der Waals surface area contributed by atoms with Crippen molar-refractivity contribution in [3.05, 3.63) is 71.9 Å². The molecule has 1 aromatic carbocycles. The summed E-state index contributed by atoms with van der Waals surface area (Å²) >= 11 is 0. The Labute approximate surface area is 152 Å². The minimum Gasteiger partial charge on any atom is -0.421 e. The molecule has 0 fully saturated rings. The number of aromatic nitrogens is 4. The van der Waals surface area contributed by atoms with Crippen molar-refractivity contribution in [1.29, 1.82) is 0 Å². The lowest BCUT2D eigenvalue weighted by Gasteiger charge is -2.02. The van der Waals surface area contributed by atoms with E-state index >= 15 is 0 Å². The highest BCUT2D eigenvalue weighted by Crippen LogP contribution is 2.19. The first kappa shape index (κ1) is 16.4. The fourth-order valence-corrected chi connectivity index (χ4v) is 2.88. The Morgan fingerprint density at radius 1 is 0.885 bits per heavy atom. The van der Waals surface area contributed by atoms with Crippen LogP contribution in [0.2, 0.25) is 0 Å². The van der Waals surface area contributed by atoms with Crippen molar-refractivity contribution in [3.63, 3.8) is 0 Å². The van der Waals surface area contributed by atoms with Gasteiger partial charge >= 0.3 is 0 Å². The lowest BCUT2D eigenvalue weighted by atomic mass is 10.1. The summed E-state index contributed by atoms with van der Waals surface area (Å²) in [7, 11) is 0. The minimum absolute atomic E-state index is 0.585. The monoisotopic (exact) mass is 344 g/mol. The third-order valence-electron chi connectivity index (χ3n) is 4.36. The van der Waals surface area contributed by atoms with Crippen molar-refractivity contribution in [2.75, 3.05) is 0 Å². The van der Waals surface area contributed by atoms with Crippen LogP contribution in [0.1, 0.15) is 30.0 Å². The van der Waals surface area contributed by atoms with Gasteiger partial charge in [0.1, 0.15) is 0 Å². The van der Waals surface area contributed by atoms with Gasteiger partial charge in [0.2, 0.25) is 11.8 Å². The maximum Gasteiger partial charge on any atom is 0.247 e. The molecule has 0 amide bonds. The van der Waals surface area contributed by atoms with Crippen LogP contribution in [0, 0.1) is 6.92 Å². The quantitative estimate of drug-likeness (QED) is 0.480. The molecule has 3 aromatic heterocycles. The molecule has 26 heavy (non-hydrogen) atoms. The molecule has 0 aliphatic carbocycles. The van der Waals surface area contributed by atoms with Gasteiger partial charge in [0, 0.05) is 29.3 Å². The molecule has 0 atom stereocenters. The third kappa shape index (κ3) is 3.77. The van der Waals surface area contributed by atoms with Gasteiger partial charge in [-0.15, -0.1) is 10.2 Å². The van der Waals surface area contributed by atoms with Gasteiger partial charge in [-0.05, 0) is 62.6 Å². The van der Waals surface area contributed by atoms with Gasteiger partial charge in [-0.25, -0.2) is 9.97 Å². The predicted octanol–water partition coefficient (Wildman–Crippen LogP) is 4.55. The fraction of sp³-hybridized carbons (Fsp3) is 0.238. The van der Waals surface area contributed by atoms with E-state index in [4.69, 9.17) is 4.42 Å². The van der Waals surface area contributed by atoms with Gasteiger partial charge in [-0.1, -0.05) is 17.7 Å². The molecule has 3 heterocycles. The zero-order valence-corrected chi connectivity index (χ0v) is 14.7. The highest BCUT2D eigenvalue weighted by molar-refractivity contribution is 5.74. The molecule has 0 aliphatic heterocycles. The fourth-order valence-electron chi connectivity index (χ4n) is 2.88. The van der Waals surface area contributed by atoms with Gasteiger partial charge in [0.15, 0.2) is 5.65 Å². The highest BCUT2D eigenvalue weighted by atomic mass is 16.4. The molecule has 5 nitrogen and oxygen atoms in total. The molecule has 0 saturated carbocycles. The van der Waals surface area contributed by atoms with Crippen LogP contribution in [-0.2, 0) is 12.8 Å². The minimum atomic E-state index is 0.585. The third-order valence-corrected chi connectivity index (χ3v) is 4.36. The number of aryl methyl sites for hydroxylation is 3. The van der Waals surface area contributed by atoms with Crippen molar-refractivity contribution in [1.82, 2.24) is 20.2 Å². The van der Waals surface area contributed by atoms with Crippen molar-refractivity contribution in [2.45, 2.75) is 32.6 Å².